The van der Waals surface area contributed by atoms with E-state index in [9.17, 15) is 0 Å². The minimum absolute atomic E-state index is 0.588. The predicted molar refractivity (Wildman–Crippen MR) is 83.7 cm³/mol. The highest BCUT2D eigenvalue weighted by Crippen LogP contribution is 2.36. The van der Waals surface area contributed by atoms with Gasteiger partial charge in [-0.15, -0.1) is 0 Å². The van der Waals surface area contributed by atoms with Crippen LogP contribution >= 0.6 is 0 Å². The molecular formula is C17H25N3. The van der Waals surface area contributed by atoms with Crippen molar-refractivity contribution < 1.29 is 0 Å². The van der Waals surface area contributed by atoms with Crippen LogP contribution in [-0.2, 0) is 13.1 Å². The Morgan fingerprint density at radius 1 is 1.25 bits per heavy atom. The van der Waals surface area contributed by atoms with E-state index in [4.69, 9.17) is 10.7 Å². The van der Waals surface area contributed by atoms with Gasteiger partial charge in [0.2, 0.25) is 0 Å². The lowest BCUT2D eigenvalue weighted by Crippen LogP contribution is -2.15. The van der Waals surface area contributed by atoms with E-state index in [-0.39, 0.29) is 0 Å². The second kappa shape index (κ2) is 5.57. The van der Waals surface area contributed by atoms with Gasteiger partial charge in [-0.25, -0.2) is 4.98 Å². The predicted octanol–water partition coefficient (Wildman–Crippen LogP) is 3.81. The van der Waals surface area contributed by atoms with Gasteiger partial charge in [-0.1, -0.05) is 25.8 Å². The molecule has 2 N–H and O–H groups in total. The number of fused-ring (bicyclic) bond motifs is 1. The van der Waals surface area contributed by atoms with Crippen LogP contribution in [0.3, 0.4) is 0 Å². The third-order valence-electron chi connectivity index (χ3n) is 4.78. The van der Waals surface area contributed by atoms with E-state index in [1.54, 1.807) is 0 Å². The molecule has 0 spiro atoms. The zero-order valence-corrected chi connectivity index (χ0v) is 12.6. The molecule has 20 heavy (non-hydrogen) atoms. The summed E-state index contributed by atoms with van der Waals surface area (Å²) in [5.74, 6) is 2.82. The monoisotopic (exact) mass is 271 g/mol. The first-order valence-corrected chi connectivity index (χ1v) is 7.92. The quantitative estimate of drug-likeness (QED) is 0.922. The third-order valence-corrected chi connectivity index (χ3v) is 4.78. The number of nitrogens with two attached hydrogens (primary N) is 1. The number of hydrogen-bond donors (Lipinski definition) is 1. The highest BCUT2D eigenvalue weighted by Gasteiger charge is 2.24. The first-order valence-electron chi connectivity index (χ1n) is 7.92. The molecule has 1 aromatic heterocycles. The van der Waals surface area contributed by atoms with E-state index in [2.05, 4.69) is 36.6 Å². The molecule has 3 heteroatoms. The minimum atomic E-state index is 0.588. The number of imidazole rings is 1. The maximum absolute atomic E-state index is 5.74. The van der Waals surface area contributed by atoms with Crippen LogP contribution in [0, 0.1) is 5.92 Å². The summed E-state index contributed by atoms with van der Waals surface area (Å²) in [6.45, 7) is 6.17. The lowest BCUT2D eigenvalue weighted by molar-refractivity contribution is 0.335. The lowest BCUT2D eigenvalue weighted by Gasteiger charge is -2.26. The largest absolute Gasteiger partial charge is 0.328 e. The van der Waals surface area contributed by atoms with Gasteiger partial charge in [0.1, 0.15) is 5.82 Å². The Morgan fingerprint density at radius 2 is 2.00 bits per heavy atom. The summed E-state index contributed by atoms with van der Waals surface area (Å²) in [5, 5.41) is 0. The standard InChI is InChI=1S/C17H25N3/c1-3-20-16-9-6-13(11-18)10-15(16)19-17(20)14-7-4-12(2)5-8-14/h6,9-10,12,14H,3-5,7-8,11,18H2,1-2H3. The molecular weight excluding hydrogens is 246 g/mol. The summed E-state index contributed by atoms with van der Waals surface area (Å²) in [4.78, 5) is 4.95. The van der Waals surface area contributed by atoms with Crippen molar-refractivity contribution in [2.75, 3.05) is 0 Å². The first-order chi connectivity index (χ1) is 9.72. The average Bonchev–Trinajstić information content (AvgIpc) is 2.85. The molecule has 0 radical (unpaired) electrons. The van der Waals surface area contributed by atoms with Crippen molar-refractivity contribution in [3.8, 4) is 0 Å². The molecule has 0 atom stereocenters. The molecule has 1 aliphatic carbocycles. The van der Waals surface area contributed by atoms with Gasteiger partial charge in [-0.3, -0.25) is 0 Å². The zero-order valence-electron chi connectivity index (χ0n) is 12.6. The third kappa shape index (κ3) is 2.35. The summed E-state index contributed by atoms with van der Waals surface area (Å²) in [6.07, 6.45) is 5.25. The summed E-state index contributed by atoms with van der Waals surface area (Å²) >= 11 is 0. The molecule has 1 saturated carbocycles. The van der Waals surface area contributed by atoms with Gasteiger partial charge < -0.3 is 10.3 Å². The van der Waals surface area contributed by atoms with E-state index >= 15 is 0 Å². The number of hydrogen-bond acceptors (Lipinski definition) is 2. The number of benzene rings is 1. The van der Waals surface area contributed by atoms with Crippen molar-refractivity contribution in [1.82, 2.24) is 9.55 Å². The fraction of sp³-hybridized carbons (Fsp3) is 0.588. The van der Waals surface area contributed by atoms with Crippen molar-refractivity contribution in [2.24, 2.45) is 11.7 Å². The fourth-order valence-electron chi connectivity index (χ4n) is 3.48. The highest BCUT2D eigenvalue weighted by atomic mass is 15.1. The molecule has 3 rings (SSSR count). The first kappa shape index (κ1) is 13.6. The Labute approximate surface area is 121 Å². The minimum Gasteiger partial charge on any atom is -0.328 e. The van der Waals surface area contributed by atoms with Crippen molar-refractivity contribution >= 4 is 11.0 Å². The van der Waals surface area contributed by atoms with Crippen molar-refractivity contribution in [1.29, 1.82) is 0 Å². The maximum atomic E-state index is 5.74. The van der Waals surface area contributed by atoms with Gasteiger partial charge in [-0.2, -0.15) is 0 Å². The molecule has 1 heterocycles. The van der Waals surface area contributed by atoms with Crippen LogP contribution in [0.25, 0.3) is 11.0 Å². The van der Waals surface area contributed by atoms with E-state index in [0.29, 0.717) is 12.5 Å². The number of nitrogens with zero attached hydrogens (tertiary/aromatic N) is 2. The molecule has 1 aromatic carbocycles. The molecule has 0 amide bonds. The second-order valence-corrected chi connectivity index (χ2v) is 6.20. The summed E-state index contributed by atoms with van der Waals surface area (Å²) < 4.78 is 2.40. The normalized spacial score (nSPS) is 23.4. The van der Waals surface area contributed by atoms with Crippen LogP contribution in [0.1, 0.15) is 56.8 Å². The number of rotatable bonds is 3. The summed E-state index contributed by atoms with van der Waals surface area (Å²) in [5.41, 5.74) is 9.29. The van der Waals surface area contributed by atoms with Crippen molar-refractivity contribution in [3.05, 3.63) is 29.6 Å². The van der Waals surface area contributed by atoms with Crippen molar-refractivity contribution in [3.63, 3.8) is 0 Å². The number of aromatic nitrogens is 2. The Morgan fingerprint density at radius 3 is 2.65 bits per heavy atom. The summed E-state index contributed by atoms with van der Waals surface area (Å²) in [7, 11) is 0. The van der Waals surface area contributed by atoms with Gasteiger partial charge in [0.05, 0.1) is 11.0 Å². The van der Waals surface area contributed by atoms with Gasteiger partial charge in [0.25, 0.3) is 0 Å². The smallest absolute Gasteiger partial charge is 0.112 e. The second-order valence-electron chi connectivity index (χ2n) is 6.20. The van der Waals surface area contributed by atoms with E-state index < -0.39 is 0 Å². The fourth-order valence-corrected chi connectivity index (χ4v) is 3.48. The average molecular weight is 271 g/mol. The number of aryl methyl sites for hydroxylation is 1. The van der Waals surface area contributed by atoms with Crippen LogP contribution in [-0.4, -0.2) is 9.55 Å². The van der Waals surface area contributed by atoms with Gasteiger partial charge in [0.15, 0.2) is 0 Å². The van der Waals surface area contributed by atoms with E-state index in [1.807, 2.05) is 0 Å². The summed E-state index contributed by atoms with van der Waals surface area (Å²) in [6, 6.07) is 6.46. The van der Waals surface area contributed by atoms with Gasteiger partial charge >= 0.3 is 0 Å². The maximum Gasteiger partial charge on any atom is 0.112 e. The molecule has 0 bridgehead atoms. The van der Waals surface area contributed by atoms with Crippen LogP contribution < -0.4 is 5.73 Å². The lowest BCUT2D eigenvalue weighted by atomic mass is 9.82. The molecule has 0 unspecified atom stereocenters. The molecule has 0 saturated heterocycles. The van der Waals surface area contributed by atoms with E-state index in [0.717, 1.165) is 18.0 Å². The Bertz CT molecular complexity index is 592. The van der Waals surface area contributed by atoms with Crippen LogP contribution in [0.15, 0.2) is 18.2 Å². The van der Waals surface area contributed by atoms with Crippen LogP contribution in [0.2, 0.25) is 0 Å². The zero-order chi connectivity index (χ0) is 14.1. The molecule has 3 nitrogen and oxygen atoms in total. The molecule has 1 aliphatic rings. The molecule has 0 aliphatic heterocycles. The Kier molecular flexibility index (Phi) is 3.79. The highest BCUT2D eigenvalue weighted by molar-refractivity contribution is 5.77. The SMILES string of the molecule is CCn1c(C2CCC(C)CC2)nc2cc(CN)ccc21. The molecule has 1 fully saturated rings. The van der Waals surface area contributed by atoms with Crippen LogP contribution in [0.4, 0.5) is 0 Å². The Hall–Kier alpha value is -1.35. The topological polar surface area (TPSA) is 43.8 Å². The van der Waals surface area contributed by atoms with E-state index in [1.165, 1.54) is 42.6 Å². The Balaban J connectivity index is 2.01. The van der Waals surface area contributed by atoms with Gasteiger partial charge in [-0.05, 0) is 43.4 Å². The van der Waals surface area contributed by atoms with Crippen molar-refractivity contribution in [2.45, 2.75) is 58.5 Å². The van der Waals surface area contributed by atoms with Crippen LogP contribution in [0.5, 0.6) is 0 Å². The van der Waals surface area contributed by atoms with Gasteiger partial charge in [0, 0.05) is 19.0 Å². The molecule has 108 valence electrons. The molecule has 2 aromatic rings.